The Morgan fingerprint density at radius 1 is 1.00 bits per heavy atom. The molecular weight excluding hydrogens is 334 g/mol. The van der Waals surface area contributed by atoms with Crippen molar-refractivity contribution in [2.45, 2.75) is 33.1 Å². The van der Waals surface area contributed by atoms with Crippen molar-refractivity contribution >= 4 is 27.9 Å². The van der Waals surface area contributed by atoms with Gasteiger partial charge in [0.05, 0.1) is 5.69 Å². The van der Waals surface area contributed by atoms with Crippen LogP contribution in [-0.2, 0) is 5.41 Å². The van der Waals surface area contributed by atoms with E-state index in [-0.39, 0.29) is 5.41 Å². The van der Waals surface area contributed by atoms with Crippen LogP contribution >= 0.6 is 11.3 Å². The molecule has 0 N–H and O–H groups in total. The van der Waals surface area contributed by atoms with Crippen LogP contribution in [0.15, 0.2) is 17.5 Å². The molecule has 7 nitrogen and oxygen atoms in total. The molecule has 1 saturated heterocycles. The van der Waals surface area contributed by atoms with Gasteiger partial charge in [-0.1, -0.05) is 20.8 Å². The van der Waals surface area contributed by atoms with Gasteiger partial charge in [0.1, 0.15) is 5.82 Å². The predicted octanol–water partition coefficient (Wildman–Crippen LogP) is 2.51. The minimum atomic E-state index is -0.0908. The van der Waals surface area contributed by atoms with E-state index in [4.69, 9.17) is 5.10 Å². The number of hydrogen-bond donors (Lipinski definition) is 0. The Bertz CT molecular complexity index is 884. The van der Waals surface area contributed by atoms with Crippen LogP contribution in [-0.4, -0.2) is 51.0 Å². The third kappa shape index (κ3) is 3.06. The highest BCUT2D eigenvalue weighted by atomic mass is 32.1. The van der Waals surface area contributed by atoms with Gasteiger partial charge in [0, 0.05) is 37.0 Å². The van der Waals surface area contributed by atoms with Crippen molar-refractivity contribution in [1.82, 2.24) is 24.8 Å². The molecule has 1 aliphatic heterocycles. The van der Waals surface area contributed by atoms with E-state index in [2.05, 4.69) is 51.1 Å². The Labute approximate surface area is 151 Å². The van der Waals surface area contributed by atoms with Gasteiger partial charge >= 0.3 is 0 Å². The summed E-state index contributed by atoms with van der Waals surface area (Å²) in [6, 6.07) is 4.04. The average molecular weight is 357 g/mol. The zero-order valence-corrected chi connectivity index (χ0v) is 15.9. The van der Waals surface area contributed by atoms with Crippen molar-refractivity contribution in [1.29, 1.82) is 0 Å². The van der Waals surface area contributed by atoms with E-state index in [0.717, 1.165) is 54.3 Å². The van der Waals surface area contributed by atoms with Crippen LogP contribution in [0.5, 0.6) is 0 Å². The molecule has 3 aromatic rings. The van der Waals surface area contributed by atoms with Gasteiger partial charge in [-0.25, -0.2) is 4.98 Å². The first-order chi connectivity index (χ1) is 11.9. The van der Waals surface area contributed by atoms with Crippen molar-refractivity contribution in [2.75, 3.05) is 36.0 Å². The zero-order valence-electron chi connectivity index (χ0n) is 15.1. The Balaban J connectivity index is 1.55. The fourth-order valence-corrected chi connectivity index (χ4v) is 3.89. The summed E-state index contributed by atoms with van der Waals surface area (Å²) >= 11 is 1.72. The second-order valence-corrected chi connectivity index (χ2v) is 8.32. The van der Waals surface area contributed by atoms with Gasteiger partial charge in [-0.2, -0.15) is 4.52 Å². The molecule has 8 heteroatoms. The molecule has 1 aliphatic rings. The lowest BCUT2D eigenvalue weighted by Crippen LogP contribution is -2.47. The van der Waals surface area contributed by atoms with E-state index in [1.54, 1.807) is 11.3 Å². The lowest BCUT2D eigenvalue weighted by Gasteiger charge is -2.35. The van der Waals surface area contributed by atoms with E-state index >= 15 is 0 Å². The van der Waals surface area contributed by atoms with Crippen LogP contribution in [0.4, 0.5) is 10.9 Å². The lowest BCUT2D eigenvalue weighted by molar-refractivity contribution is 0.525. The molecule has 25 heavy (non-hydrogen) atoms. The minimum Gasteiger partial charge on any atom is -0.352 e. The van der Waals surface area contributed by atoms with Crippen molar-refractivity contribution < 1.29 is 0 Å². The van der Waals surface area contributed by atoms with Gasteiger partial charge in [0.25, 0.3) is 0 Å². The molecule has 3 aromatic heterocycles. The smallest absolute Gasteiger partial charge is 0.185 e. The largest absolute Gasteiger partial charge is 0.352 e. The van der Waals surface area contributed by atoms with Gasteiger partial charge in [-0.05, 0) is 19.1 Å². The van der Waals surface area contributed by atoms with Gasteiger partial charge in [0.15, 0.2) is 16.6 Å². The summed E-state index contributed by atoms with van der Waals surface area (Å²) in [4.78, 5) is 9.27. The molecule has 0 amide bonds. The first kappa shape index (κ1) is 16.3. The van der Waals surface area contributed by atoms with Gasteiger partial charge in [0.2, 0.25) is 0 Å². The quantitative estimate of drug-likeness (QED) is 0.702. The molecule has 0 aromatic carbocycles. The molecule has 4 heterocycles. The number of hydrogen-bond acceptors (Lipinski definition) is 7. The molecular formula is C17H23N7S. The number of aromatic nitrogens is 5. The first-order valence-corrected chi connectivity index (χ1v) is 9.45. The maximum absolute atomic E-state index is 4.81. The highest BCUT2D eigenvalue weighted by Gasteiger charge is 2.24. The van der Waals surface area contributed by atoms with Crippen molar-refractivity contribution in [3.05, 3.63) is 29.0 Å². The summed E-state index contributed by atoms with van der Waals surface area (Å²) in [7, 11) is 0. The number of piperazine rings is 1. The number of rotatable bonds is 2. The van der Waals surface area contributed by atoms with E-state index < -0.39 is 0 Å². The molecule has 0 unspecified atom stereocenters. The van der Waals surface area contributed by atoms with Crippen LogP contribution in [0.25, 0.3) is 5.65 Å². The third-order valence-corrected chi connectivity index (χ3v) is 5.42. The molecule has 1 fully saturated rings. The topological polar surface area (TPSA) is 62.5 Å². The van der Waals surface area contributed by atoms with Crippen LogP contribution in [0, 0.1) is 6.92 Å². The Hall–Kier alpha value is -2.22. The first-order valence-electron chi connectivity index (χ1n) is 8.57. The molecule has 132 valence electrons. The minimum absolute atomic E-state index is 0.0908. The molecule has 0 bridgehead atoms. The van der Waals surface area contributed by atoms with Crippen LogP contribution in [0.2, 0.25) is 0 Å². The highest BCUT2D eigenvalue weighted by molar-refractivity contribution is 7.13. The van der Waals surface area contributed by atoms with Crippen molar-refractivity contribution in [3.8, 4) is 0 Å². The second kappa shape index (κ2) is 5.94. The highest BCUT2D eigenvalue weighted by Crippen LogP contribution is 2.24. The summed E-state index contributed by atoms with van der Waals surface area (Å²) in [6.45, 7) is 12.2. The zero-order chi connectivity index (χ0) is 17.6. The maximum atomic E-state index is 4.81. The average Bonchev–Trinajstić information content (AvgIpc) is 3.20. The number of anilines is 2. The molecule has 0 radical (unpaired) electrons. The number of nitrogens with zero attached hydrogens (tertiary/aromatic N) is 7. The summed E-state index contributed by atoms with van der Waals surface area (Å²) in [5, 5.41) is 16.6. The monoisotopic (exact) mass is 357 g/mol. The van der Waals surface area contributed by atoms with E-state index in [1.165, 1.54) is 0 Å². The predicted molar refractivity (Wildman–Crippen MR) is 101 cm³/mol. The van der Waals surface area contributed by atoms with Crippen molar-refractivity contribution in [2.24, 2.45) is 0 Å². The molecule has 0 saturated carbocycles. The van der Waals surface area contributed by atoms with E-state index in [0.29, 0.717) is 0 Å². The van der Waals surface area contributed by atoms with Crippen LogP contribution < -0.4 is 9.80 Å². The van der Waals surface area contributed by atoms with Crippen molar-refractivity contribution in [3.63, 3.8) is 0 Å². The second-order valence-electron chi connectivity index (χ2n) is 7.48. The number of thiazole rings is 1. The summed E-state index contributed by atoms with van der Waals surface area (Å²) < 4.78 is 1.88. The fourth-order valence-electron chi connectivity index (χ4n) is 3.03. The van der Waals surface area contributed by atoms with Gasteiger partial charge < -0.3 is 9.80 Å². The standard InChI is InChI=1S/C17H23N7S/c1-12-11-25-16(18-12)23-9-7-22(8-10-23)14-6-5-13-19-20-15(17(2,3)4)24(13)21-14/h5-6,11H,7-10H2,1-4H3. The van der Waals surface area contributed by atoms with E-state index in [1.807, 2.05) is 23.6 Å². The summed E-state index contributed by atoms with van der Waals surface area (Å²) in [5.41, 5.74) is 1.80. The Kier molecular flexibility index (Phi) is 3.87. The lowest BCUT2D eigenvalue weighted by atomic mass is 9.96. The number of fused-ring (bicyclic) bond motifs is 1. The Morgan fingerprint density at radius 2 is 1.72 bits per heavy atom. The SMILES string of the molecule is Cc1csc(N2CCN(c3ccc4nnc(C(C)(C)C)n4n3)CC2)n1. The maximum Gasteiger partial charge on any atom is 0.185 e. The van der Waals surface area contributed by atoms with E-state index in [9.17, 15) is 0 Å². The van der Waals surface area contributed by atoms with Crippen LogP contribution in [0.1, 0.15) is 32.3 Å². The summed E-state index contributed by atoms with van der Waals surface area (Å²) in [5.74, 6) is 1.87. The van der Waals surface area contributed by atoms with Gasteiger partial charge in [-0.3, -0.25) is 0 Å². The Morgan fingerprint density at radius 3 is 2.36 bits per heavy atom. The molecule has 0 spiro atoms. The summed E-state index contributed by atoms with van der Waals surface area (Å²) in [6.07, 6.45) is 0. The molecule has 4 rings (SSSR count). The van der Waals surface area contributed by atoms with Gasteiger partial charge in [-0.15, -0.1) is 26.6 Å². The third-order valence-electron chi connectivity index (χ3n) is 4.40. The molecule has 0 aliphatic carbocycles. The number of aryl methyl sites for hydroxylation is 1. The molecule has 0 atom stereocenters. The van der Waals surface area contributed by atoms with Crippen LogP contribution in [0.3, 0.4) is 0 Å². The normalized spacial score (nSPS) is 16.0. The fraction of sp³-hybridized carbons (Fsp3) is 0.529.